The summed E-state index contributed by atoms with van der Waals surface area (Å²) in [6.07, 6.45) is -6.13. The second-order valence-electron chi connectivity index (χ2n) is 10.4. The Morgan fingerprint density at radius 2 is 1.19 bits per heavy atom. The van der Waals surface area contributed by atoms with Gasteiger partial charge in [0.15, 0.2) is 17.2 Å². The van der Waals surface area contributed by atoms with Crippen LogP contribution in [0, 0.1) is 0 Å². The van der Waals surface area contributed by atoms with Crippen molar-refractivity contribution in [1.82, 2.24) is 39.5 Å². The number of hydrogen-bond donors (Lipinski definition) is 1. The van der Waals surface area contributed by atoms with Crippen molar-refractivity contribution in [3.8, 4) is 23.3 Å². The van der Waals surface area contributed by atoms with Crippen molar-refractivity contribution in [2.24, 2.45) is 0 Å². The van der Waals surface area contributed by atoms with Crippen LogP contribution >= 0.6 is 23.2 Å². The Hall–Kier alpha value is -4.53. The van der Waals surface area contributed by atoms with E-state index in [-0.39, 0.29) is 81.3 Å². The molecule has 1 unspecified atom stereocenters. The number of nitrogens with zero attached hydrogens (tertiary/aromatic N) is 8. The average Bonchev–Trinajstić information content (AvgIpc) is 3.81. The van der Waals surface area contributed by atoms with Crippen LogP contribution in [-0.2, 0) is 25.4 Å². The molecule has 0 saturated carbocycles. The molecule has 1 N–H and O–H groups in total. The minimum absolute atomic E-state index is 0. The number of benzene rings is 2. The molecule has 0 amide bonds. The first kappa shape index (κ1) is 43.9. The monoisotopic (exact) mass is 801 g/mol. The van der Waals surface area contributed by atoms with E-state index in [9.17, 15) is 36.2 Å². The zero-order chi connectivity index (χ0) is 37.5. The molecule has 4 aromatic heterocycles. The molecule has 0 saturated heterocycles. The fraction of sp³-hybridized carbons (Fsp3) is 0.156. The Kier molecular flexibility index (Phi) is 15.6. The topological polar surface area (TPSA) is 143 Å². The molecule has 4 heterocycles. The van der Waals surface area contributed by atoms with Gasteiger partial charge < -0.3 is 16.0 Å². The van der Waals surface area contributed by atoms with E-state index in [1.807, 2.05) is 0 Å². The summed E-state index contributed by atoms with van der Waals surface area (Å²) < 4.78 is 93.1. The molecule has 0 spiro atoms. The molecule has 22 heteroatoms. The van der Waals surface area contributed by atoms with Crippen molar-refractivity contribution in [3.63, 3.8) is 0 Å². The SMILES string of the molecule is O=C(Cn1cncn1)c1ccc(Oc2ccc(Cl)cc2)nc1C(F)(F)F.OC(Cn1cncn1)c1ccc(Oc2ccc(Cl)cc2)nc1C(F)(F)F.[B].[H-].[Na+]. The van der Waals surface area contributed by atoms with Crippen LogP contribution in [0.15, 0.2) is 98.1 Å². The summed E-state index contributed by atoms with van der Waals surface area (Å²) in [4.78, 5) is 26.5. The van der Waals surface area contributed by atoms with Gasteiger partial charge in [0.1, 0.15) is 49.5 Å². The van der Waals surface area contributed by atoms with Gasteiger partial charge in [0.2, 0.25) is 11.8 Å². The molecular weight excluding hydrogens is 779 g/mol. The molecule has 275 valence electrons. The van der Waals surface area contributed by atoms with E-state index in [2.05, 4.69) is 30.1 Å². The first-order valence-electron chi connectivity index (χ1n) is 14.5. The fourth-order valence-electron chi connectivity index (χ4n) is 4.34. The Balaban J connectivity index is 0.000000360. The summed E-state index contributed by atoms with van der Waals surface area (Å²) in [6.45, 7) is -0.579. The molecule has 0 fully saturated rings. The smallest absolute Gasteiger partial charge is 1.00 e. The van der Waals surface area contributed by atoms with Crippen molar-refractivity contribution in [2.45, 2.75) is 31.5 Å². The number of carbonyl (C=O) groups excluding carboxylic acids is 1. The zero-order valence-corrected chi connectivity index (χ0v) is 31.1. The van der Waals surface area contributed by atoms with Gasteiger partial charge in [-0.25, -0.2) is 24.6 Å². The second kappa shape index (κ2) is 19.2. The number of aromatic nitrogens is 8. The van der Waals surface area contributed by atoms with Gasteiger partial charge in [-0.3, -0.25) is 9.48 Å². The second-order valence-corrected chi connectivity index (χ2v) is 11.3. The van der Waals surface area contributed by atoms with Crippen LogP contribution in [0.5, 0.6) is 23.3 Å². The van der Waals surface area contributed by atoms with Crippen LogP contribution < -0.4 is 39.0 Å². The summed E-state index contributed by atoms with van der Waals surface area (Å²) in [5, 5.41) is 18.5. The minimum atomic E-state index is -4.83. The van der Waals surface area contributed by atoms with E-state index >= 15 is 0 Å². The molecular formula is C32H23BCl2F6N8NaO4. The van der Waals surface area contributed by atoms with Gasteiger partial charge in [-0.15, -0.1) is 0 Å². The Morgan fingerprint density at radius 3 is 1.65 bits per heavy atom. The molecule has 3 radical (unpaired) electrons. The molecule has 2 aromatic carbocycles. The number of ether oxygens (including phenoxy) is 2. The van der Waals surface area contributed by atoms with Crippen molar-refractivity contribution >= 4 is 37.4 Å². The number of hydrogen-bond acceptors (Lipinski definition) is 10. The Bertz CT molecular complexity index is 2100. The summed E-state index contributed by atoms with van der Waals surface area (Å²) in [7, 11) is 0. The minimum Gasteiger partial charge on any atom is -1.00 e. The van der Waals surface area contributed by atoms with Gasteiger partial charge in [-0.1, -0.05) is 23.2 Å². The molecule has 0 aliphatic rings. The number of carbonyl (C=O) groups is 1. The molecule has 0 aliphatic carbocycles. The van der Waals surface area contributed by atoms with Crippen LogP contribution in [0.25, 0.3) is 0 Å². The molecule has 54 heavy (non-hydrogen) atoms. The van der Waals surface area contributed by atoms with Crippen LogP contribution in [0.1, 0.15) is 34.8 Å². The Morgan fingerprint density at radius 1 is 0.722 bits per heavy atom. The normalized spacial score (nSPS) is 11.6. The van der Waals surface area contributed by atoms with Crippen molar-refractivity contribution in [3.05, 3.63) is 131 Å². The molecule has 6 aromatic rings. The van der Waals surface area contributed by atoms with Gasteiger partial charge in [-0.2, -0.15) is 36.5 Å². The predicted octanol–water partition coefficient (Wildman–Crippen LogP) is 4.63. The largest absolute Gasteiger partial charge is 1.00 e. The molecule has 1 atom stereocenters. The van der Waals surface area contributed by atoms with Gasteiger partial charge in [0.05, 0.1) is 12.1 Å². The number of Topliss-reactive ketones (excluding diaryl/α,β-unsaturated/α-hetero) is 1. The number of pyridine rings is 2. The van der Waals surface area contributed by atoms with Crippen molar-refractivity contribution in [2.75, 3.05) is 0 Å². The third-order valence-corrected chi connectivity index (χ3v) is 7.14. The van der Waals surface area contributed by atoms with E-state index < -0.39 is 41.2 Å². The molecule has 12 nitrogen and oxygen atoms in total. The number of ketones is 1. The summed E-state index contributed by atoms with van der Waals surface area (Å²) in [5.41, 5.74) is -3.50. The summed E-state index contributed by atoms with van der Waals surface area (Å²) in [5.74, 6) is -0.802. The van der Waals surface area contributed by atoms with Crippen molar-refractivity contribution in [1.29, 1.82) is 0 Å². The van der Waals surface area contributed by atoms with Crippen LogP contribution in [0.3, 0.4) is 0 Å². The number of halogens is 8. The average molecular weight is 802 g/mol. The first-order valence-corrected chi connectivity index (χ1v) is 15.3. The van der Waals surface area contributed by atoms with Gasteiger partial charge in [0.25, 0.3) is 0 Å². The number of aliphatic hydroxyl groups is 1. The quantitative estimate of drug-likeness (QED) is 0.118. The van der Waals surface area contributed by atoms with E-state index in [0.29, 0.717) is 10.0 Å². The maximum Gasteiger partial charge on any atom is 1.00 e. The van der Waals surface area contributed by atoms with E-state index in [1.165, 1.54) is 90.7 Å². The standard InChI is InChI=1S/C16H12ClF3N4O2.C16H10ClF3N4O2.B.Na.H/c2*17-10-1-3-11(4-2-10)26-14-6-5-12(15(23-14)16(18,19)20)13(25)7-24-9-21-8-22-24;;;/h1-6,8-9,13,25H,7H2;1-6,8-9H,7H2;;;/q;;;+1;-1. The zero-order valence-electron chi connectivity index (χ0n) is 28.6. The molecule has 6 rings (SSSR count). The number of aliphatic hydroxyl groups excluding tert-OH is 1. The van der Waals surface area contributed by atoms with Gasteiger partial charge in [0, 0.05) is 36.2 Å². The van der Waals surface area contributed by atoms with E-state index in [1.54, 1.807) is 0 Å². The maximum absolute atomic E-state index is 13.4. The fourth-order valence-corrected chi connectivity index (χ4v) is 4.59. The maximum atomic E-state index is 13.4. The summed E-state index contributed by atoms with van der Waals surface area (Å²) in [6, 6.07) is 16.7. The van der Waals surface area contributed by atoms with Crippen LogP contribution in [0.4, 0.5) is 26.3 Å². The van der Waals surface area contributed by atoms with Gasteiger partial charge >= 0.3 is 41.9 Å². The van der Waals surface area contributed by atoms with Gasteiger partial charge in [-0.05, 0) is 60.7 Å². The third-order valence-electron chi connectivity index (χ3n) is 6.64. The Labute approximate surface area is 337 Å². The first-order chi connectivity index (χ1) is 24.7. The van der Waals surface area contributed by atoms with Crippen LogP contribution in [0.2, 0.25) is 10.0 Å². The van der Waals surface area contributed by atoms with E-state index in [0.717, 1.165) is 16.8 Å². The number of alkyl halides is 6. The number of rotatable bonds is 10. The summed E-state index contributed by atoms with van der Waals surface area (Å²) >= 11 is 11.5. The van der Waals surface area contributed by atoms with Crippen LogP contribution in [-0.4, -0.2) is 58.8 Å². The third kappa shape index (κ3) is 12.3. The van der Waals surface area contributed by atoms with Crippen molar-refractivity contribution < 1.29 is 76.7 Å². The predicted molar refractivity (Wildman–Crippen MR) is 178 cm³/mol. The molecule has 0 bridgehead atoms. The molecule has 0 aliphatic heterocycles. The van der Waals surface area contributed by atoms with E-state index in [4.69, 9.17) is 32.7 Å².